The van der Waals surface area contributed by atoms with E-state index in [1.54, 1.807) is 0 Å². The van der Waals surface area contributed by atoms with E-state index in [1.807, 2.05) is 0 Å². The van der Waals surface area contributed by atoms with Crippen LogP contribution >= 0.6 is 0 Å². The largest absolute Gasteiger partial charge is 0.484 e. The maximum atomic E-state index is 13.7. The molecular weight excluding hydrogens is 373 g/mol. The third kappa shape index (κ3) is 5.77. The van der Waals surface area contributed by atoms with Gasteiger partial charge in [-0.2, -0.15) is 0 Å². The Bertz CT molecular complexity index is 650. The van der Waals surface area contributed by atoms with Crippen molar-refractivity contribution in [2.24, 2.45) is 5.92 Å². The molecule has 156 valence electrons. The molecule has 0 spiro atoms. The van der Waals surface area contributed by atoms with Gasteiger partial charge in [-0.3, -0.25) is 0 Å². The number of hydrogen-bond acceptors (Lipinski definition) is 3. The molecule has 3 rings (SSSR count). The van der Waals surface area contributed by atoms with Crippen LogP contribution in [0.3, 0.4) is 0 Å². The molecule has 28 heavy (non-hydrogen) atoms. The van der Waals surface area contributed by atoms with Crippen molar-refractivity contribution in [3.05, 3.63) is 29.6 Å². The Labute approximate surface area is 162 Å². The van der Waals surface area contributed by atoms with E-state index < -0.39 is 29.3 Å². The predicted octanol–water partition coefficient (Wildman–Crippen LogP) is 4.16. The first kappa shape index (κ1) is 20.8. The third-order valence-electron chi connectivity index (χ3n) is 5.81. The van der Waals surface area contributed by atoms with Gasteiger partial charge in [-0.05, 0) is 57.4 Å². The minimum atomic E-state index is -1.01. The van der Waals surface area contributed by atoms with E-state index in [0.717, 1.165) is 51.7 Å². The van der Waals surface area contributed by atoms with Gasteiger partial charge in [0.2, 0.25) is 0 Å². The summed E-state index contributed by atoms with van der Waals surface area (Å²) in [6.45, 7) is 2.56. The van der Waals surface area contributed by atoms with Crippen LogP contribution in [0.1, 0.15) is 44.9 Å². The molecular formula is C20H27F3N2O3. The fourth-order valence-corrected chi connectivity index (χ4v) is 4.19. The standard InChI is InChI=1S/C20H27F3N2O3/c21-14-11-17(22)19(18(23)12-14)28-16-6-9-25(10-7-16)8-5-13-1-3-15(4-2-13)24-20(26)27/h11-13,15-16,24H,1-10H2,(H,26,27). The summed E-state index contributed by atoms with van der Waals surface area (Å²) in [6.07, 6.45) is 5.05. The summed E-state index contributed by atoms with van der Waals surface area (Å²) >= 11 is 0. The number of amides is 1. The summed E-state index contributed by atoms with van der Waals surface area (Å²) in [5.74, 6) is -2.85. The molecule has 0 unspecified atom stereocenters. The van der Waals surface area contributed by atoms with Gasteiger partial charge in [0.1, 0.15) is 11.9 Å². The lowest BCUT2D eigenvalue weighted by Crippen LogP contribution is -2.40. The van der Waals surface area contributed by atoms with Crippen molar-refractivity contribution < 1.29 is 27.8 Å². The molecule has 2 N–H and O–H groups in total. The number of rotatable bonds is 6. The van der Waals surface area contributed by atoms with Crippen LogP contribution in [0.2, 0.25) is 0 Å². The van der Waals surface area contributed by atoms with E-state index in [0.29, 0.717) is 30.9 Å². The second-order valence-electron chi connectivity index (χ2n) is 7.81. The quantitative estimate of drug-likeness (QED) is 0.753. The Balaban J connectivity index is 1.37. The second-order valence-corrected chi connectivity index (χ2v) is 7.81. The number of likely N-dealkylation sites (tertiary alicyclic amines) is 1. The lowest BCUT2D eigenvalue weighted by atomic mass is 9.84. The van der Waals surface area contributed by atoms with Crippen LogP contribution in [0.5, 0.6) is 5.75 Å². The minimum absolute atomic E-state index is 0.0777. The number of nitrogens with zero attached hydrogens (tertiary/aromatic N) is 1. The van der Waals surface area contributed by atoms with Gasteiger partial charge < -0.3 is 20.1 Å². The number of carbonyl (C=O) groups is 1. The zero-order chi connectivity index (χ0) is 20.1. The number of hydrogen-bond donors (Lipinski definition) is 2. The number of piperidine rings is 1. The fourth-order valence-electron chi connectivity index (χ4n) is 4.19. The lowest BCUT2D eigenvalue weighted by molar-refractivity contribution is 0.0883. The van der Waals surface area contributed by atoms with E-state index in [4.69, 9.17) is 9.84 Å². The molecule has 0 atom stereocenters. The van der Waals surface area contributed by atoms with Gasteiger partial charge in [0.05, 0.1) is 0 Å². The maximum absolute atomic E-state index is 13.7. The molecule has 1 aromatic rings. The number of carboxylic acid groups (broad SMARTS) is 1. The molecule has 2 aliphatic rings. The van der Waals surface area contributed by atoms with Crippen LogP contribution < -0.4 is 10.1 Å². The van der Waals surface area contributed by atoms with Crippen molar-refractivity contribution >= 4 is 6.09 Å². The van der Waals surface area contributed by atoms with Gasteiger partial charge in [-0.25, -0.2) is 18.0 Å². The zero-order valence-electron chi connectivity index (χ0n) is 15.8. The van der Waals surface area contributed by atoms with E-state index in [1.165, 1.54) is 0 Å². The average Bonchev–Trinajstić information content (AvgIpc) is 2.64. The van der Waals surface area contributed by atoms with Crippen molar-refractivity contribution in [3.63, 3.8) is 0 Å². The maximum Gasteiger partial charge on any atom is 0.404 e. The first-order valence-corrected chi connectivity index (χ1v) is 9.93. The summed E-state index contributed by atoms with van der Waals surface area (Å²) in [5, 5.41) is 11.3. The first-order chi connectivity index (χ1) is 13.4. The van der Waals surface area contributed by atoms with E-state index in [-0.39, 0.29) is 12.1 Å². The second kappa shape index (κ2) is 9.49. The molecule has 1 heterocycles. The highest BCUT2D eigenvalue weighted by atomic mass is 19.1. The normalized spacial score (nSPS) is 24.1. The summed E-state index contributed by atoms with van der Waals surface area (Å²) in [7, 11) is 0. The molecule has 1 aliphatic carbocycles. The molecule has 8 heteroatoms. The lowest BCUT2D eigenvalue weighted by Gasteiger charge is -2.34. The van der Waals surface area contributed by atoms with Crippen molar-refractivity contribution in [1.29, 1.82) is 0 Å². The summed E-state index contributed by atoms with van der Waals surface area (Å²) in [6, 6.07) is 1.34. The highest BCUT2D eigenvalue weighted by Crippen LogP contribution is 2.29. The number of halogens is 3. The predicted molar refractivity (Wildman–Crippen MR) is 97.9 cm³/mol. The fraction of sp³-hybridized carbons (Fsp3) is 0.650. The van der Waals surface area contributed by atoms with Crippen molar-refractivity contribution in [2.45, 2.75) is 57.1 Å². The average molecular weight is 400 g/mol. The third-order valence-corrected chi connectivity index (χ3v) is 5.81. The smallest absolute Gasteiger partial charge is 0.404 e. The zero-order valence-corrected chi connectivity index (χ0v) is 15.8. The first-order valence-electron chi connectivity index (χ1n) is 9.93. The highest BCUT2D eigenvalue weighted by molar-refractivity contribution is 5.64. The molecule has 1 saturated heterocycles. The highest BCUT2D eigenvalue weighted by Gasteiger charge is 2.26. The summed E-state index contributed by atoms with van der Waals surface area (Å²) in [4.78, 5) is 13.0. The van der Waals surface area contributed by atoms with E-state index in [2.05, 4.69) is 10.2 Å². The minimum Gasteiger partial charge on any atom is -0.484 e. The molecule has 0 aromatic heterocycles. The molecule has 0 bridgehead atoms. The summed E-state index contributed by atoms with van der Waals surface area (Å²) < 4.78 is 45.9. The monoisotopic (exact) mass is 400 g/mol. The van der Waals surface area contributed by atoms with Crippen LogP contribution in [0, 0.1) is 23.4 Å². The van der Waals surface area contributed by atoms with Crippen LogP contribution in [-0.4, -0.2) is 47.9 Å². The van der Waals surface area contributed by atoms with Crippen LogP contribution in [0.15, 0.2) is 12.1 Å². The summed E-state index contributed by atoms with van der Waals surface area (Å²) in [5.41, 5.74) is 0. The number of nitrogens with one attached hydrogen (secondary N) is 1. The Hall–Kier alpha value is -1.96. The van der Waals surface area contributed by atoms with Crippen molar-refractivity contribution in [2.75, 3.05) is 19.6 Å². The molecule has 1 saturated carbocycles. The van der Waals surface area contributed by atoms with Gasteiger partial charge in [0.15, 0.2) is 17.4 Å². The molecule has 1 aromatic carbocycles. The van der Waals surface area contributed by atoms with Crippen molar-refractivity contribution in [1.82, 2.24) is 10.2 Å². The van der Waals surface area contributed by atoms with Gasteiger partial charge in [-0.1, -0.05) is 0 Å². The van der Waals surface area contributed by atoms with Crippen LogP contribution in [0.4, 0.5) is 18.0 Å². The van der Waals surface area contributed by atoms with Gasteiger partial charge in [-0.15, -0.1) is 0 Å². The Morgan fingerprint density at radius 2 is 1.68 bits per heavy atom. The number of benzene rings is 1. The molecule has 1 amide bonds. The number of ether oxygens (including phenoxy) is 1. The molecule has 5 nitrogen and oxygen atoms in total. The Kier molecular flexibility index (Phi) is 7.04. The molecule has 2 fully saturated rings. The van der Waals surface area contributed by atoms with Gasteiger partial charge >= 0.3 is 6.09 Å². The molecule has 1 aliphatic heterocycles. The SMILES string of the molecule is O=C(O)NC1CCC(CCN2CCC(Oc3c(F)cc(F)cc3F)CC2)CC1. The van der Waals surface area contributed by atoms with Crippen molar-refractivity contribution in [3.8, 4) is 5.75 Å². The van der Waals surface area contributed by atoms with Crippen LogP contribution in [-0.2, 0) is 0 Å². The Morgan fingerprint density at radius 3 is 2.25 bits per heavy atom. The van der Waals surface area contributed by atoms with Gasteiger partial charge in [0, 0.05) is 31.3 Å². The van der Waals surface area contributed by atoms with E-state index in [9.17, 15) is 18.0 Å². The van der Waals surface area contributed by atoms with Crippen LogP contribution in [0.25, 0.3) is 0 Å². The Morgan fingerprint density at radius 1 is 1.07 bits per heavy atom. The molecule has 0 radical (unpaired) electrons. The van der Waals surface area contributed by atoms with Gasteiger partial charge in [0.25, 0.3) is 0 Å². The van der Waals surface area contributed by atoms with E-state index >= 15 is 0 Å². The topological polar surface area (TPSA) is 61.8 Å².